The van der Waals surface area contributed by atoms with E-state index in [2.05, 4.69) is 4.90 Å². The summed E-state index contributed by atoms with van der Waals surface area (Å²) in [5, 5.41) is 1.79. The molecule has 0 aliphatic carbocycles. The highest BCUT2D eigenvalue weighted by Gasteiger charge is 2.26. The van der Waals surface area contributed by atoms with E-state index in [9.17, 15) is 9.59 Å². The van der Waals surface area contributed by atoms with Crippen LogP contribution in [0.3, 0.4) is 0 Å². The molecular weight excluding hydrogens is 454 g/mol. The van der Waals surface area contributed by atoms with E-state index in [1.807, 2.05) is 29.2 Å². The van der Waals surface area contributed by atoms with Gasteiger partial charge in [0.2, 0.25) is 5.91 Å². The molecule has 0 N–H and O–H groups in total. The lowest BCUT2D eigenvalue weighted by Crippen LogP contribution is -2.51. The molecule has 2 fully saturated rings. The fraction of sp³-hybridized carbons (Fsp3) is 0.417. The van der Waals surface area contributed by atoms with Crippen LogP contribution in [0.4, 0.5) is 0 Å². The van der Waals surface area contributed by atoms with Gasteiger partial charge in [-0.05, 0) is 18.2 Å². The van der Waals surface area contributed by atoms with Gasteiger partial charge in [0, 0.05) is 44.7 Å². The van der Waals surface area contributed by atoms with Gasteiger partial charge in [-0.15, -0.1) is 0 Å². The highest BCUT2D eigenvalue weighted by Crippen LogP contribution is 2.26. The zero-order valence-electron chi connectivity index (χ0n) is 18.9. The molecule has 2 amide bonds. The molecule has 34 heavy (non-hydrogen) atoms. The number of aromatic nitrogens is 2. The van der Waals surface area contributed by atoms with Crippen LogP contribution >= 0.6 is 11.8 Å². The first kappa shape index (κ1) is 22.8. The Morgan fingerprint density at radius 3 is 2.44 bits per heavy atom. The Bertz CT molecular complexity index is 1140. The standard InChI is InChI=1S/C24H27N5O4S/c30-22(28-7-9-29(10-8-28)24(31)20-6-3-13-33-20)17-34-23-18-4-1-2-5-19(18)25-21(26-23)16-27-11-14-32-15-12-27/h1-6,13H,7-12,14-17H2. The number of carbonyl (C=O) groups excluding carboxylic acids is 2. The van der Waals surface area contributed by atoms with Gasteiger partial charge in [-0.25, -0.2) is 9.97 Å². The van der Waals surface area contributed by atoms with E-state index in [-0.39, 0.29) is 11.8 Å². The smallest absolute Gasteiger partial charge is 0.289 e. The number of benzene rings is 1. The number of furan rings is 1. The first-order valence-corrected chi connectivity index (χ1v) is 12.4. The fourth-order valence-electron chi connectivity index (χ4n) is 4.17. The molecule has 3 aromatic rings. The van der Waals surface area contributed by atoms with Crippen molar-refractivity contribution in [1.29, 1.82) is 0 Å². The molecule has 4 heterocycles. The lowest BCUT2D eigenvalue weighted by Gasteiger charge is -2.34. The second-order valence-corrected chi connectivity index (χ2v) is 9.25. The molecule has 178 valence electrons. The van der Waals surface area contributed by atoms with Crippen molar-refractivity contribution >= 4 is 34.5 Å². The molecule has 0 bridgehead atoms. The van der Waals surface area contributed by atoms with Crippen molar-refractivity contribution in [3.05, 3.63) is 54.2 Å². The third-order valence-electron chi connectivity index (χ3n) is 6.07. The van der Waals surface area contributed by atoms with Crippen LogP contribution in [-0.2, 0) is 16.1 Å². The van der Waals surface area contributed by atoms with E-state index in [1.54, 1.807) is 17.0 Å². The number of morpholine rings is 1. The van der Waals surface area contributed by atoms with Crippen LogP contribution in [0.1, 0.15) is 16.4 Å². The molecular formula is C24H27N5O4S. The number of piperazine rings is 1. The third kappa shape index (κ3) is 5.24. The predicted molar refractivity (Wildman–Crippen MR) is 128 cm³/mol. The van der Waals surface area contributed by atoms with E-state index in [4.69, 9.17) is 19.1 Å². The van der Waals surface area contributed by atoms with E-state index in [0.717, 1.165) is 48.1 Å². The largest absolute Gasteiger partial charge is 0.459 e. The molecule has 2 aromatic heterocycles. The summed E-state index contributed by atoms with van der Waals surface area (Å²) >= 11 is 1.45. The van der Waals surface area contributed by atoms with Gasteiger partial charge in [0.25, 0.3) is 5.91 Å². The summed E-state index contributed by atoms with van der Waals surface area (Å²) in [6.07, 6.45) is 1.49. The van der Waals surface area contributed by atoms with Crippen molar-refractivity contribution in [2.24, 2.45) is 0 Å². The van der Waals surface area contributed by atoms with Gasteiger partial charge in [-0.1, -0.05) is 30.0 Å². The van der Waals surface area contributed by atoms with Crippen LogP contribution in [0.2, 0.25) is 0 Å². The van der Waals surface area contributed by atoms with Gasteiger partial charge < -0.3 is 19.0 Å². The van der Waals surface area contributed by atoms with Crippen molar-refractivity contribution in [3.8, 4) is 0 Å². The molecule has 0 radical (unpaired) electrons. The number of amides is 2. The first-order valence-electron chi connectivity index (χ1n) is 11.5. The number of nitrogens with zero attached hydrogens (tertiary/aromatic N) is 5. The summed E-state index contributed by atoms with van der Waals surface area (Å²) in [5.41, 5.74) is 0.890. The van der Waals surface area contributed by atoms with Crippen molar-refractivity contribution in [3.63, 3.8) is 0 Å². The average molecular weight is 482 g/mol. The van der Waals surface area contributed by atoms with Crippen molar-refractivity contribution in [2.45, 2.75) is 11.6 Å². The maximum atomic E-state index is 12.9. The molecule has 10 heteroatoms. The lowest BCUT2D eigenvalue weighted by atomic mass is 10.2. The van der Waals surface area contributed by atoms with Gasteiger partial charge >= 0.3 is 0 Å². The molecule has 1 aromatic carbocycles. The predicted octanol–water partition coefficient (Wildman–Crippen LogP) is 2.13. The third-order valence-corrected chi connectivity index (χ3v) is 7.04. The average Bonchev–Trinajstić information content (AvgIpc) is 3.42. The quantitative estimate of drug-likeness (QED) is 0.391. The van der Waals surface area contributed by atoms with Crippen molar-refractivity contribution < 1.29 is 18.7 Å². The van der Waals surface area contributed by atoms with Crippen LogP contribution in [0.15, 0.2) is 52.1 Å². The topological polar surface area (TPSA) is 92.0 Å². The minimum absolute atomic E-state index is 0.0486. The minimum atomic E-state index is -0.133. The SMILES string of the molecule is O=C(CSc1nc(CN2CCOCC2)nc2ccccc12)N1CCN(C(=O)c2ccco2)CC1. The van der Waals surface area contributed by atoms with Crippen LogP contribution in [0, 0.1) is 0 Å². The zero-order valence-corrected chi connectivity index (χ0v) is 19.7. The van der Waals surface area contributed by atoms with Gasteiger partial charge in [0.1, 0.15) is 10.9 Å². The Balaban J connectivity index is 1.21. The van der Waals surface area contributed by atoms with E-state index in [0.29, 0.717) is 44.2 Å². The minimum Gasteiger partial charge on any atom is -0.459 e. The number of thioether (sulfide) groups is 1. The number of rotatable bonds is 6. The number of para-hydroxylation sites is 1. The van der Waals surface area contributed by atoms with Gasteiger partial charge in [0.05, 0.1) is 37.3 Å². The summed E-state index contributed by atoms with van der Waals surface area (Å²) in [4.78, 5) is 40.8. The molecule has 2 aliphatic rings. The Morgan fingerprint density at radius 1 is 0.912 bits per heavy atom. The van der Waals surface area contributed by atoms with Gasteiger partial charge in [-0.2, -0.15) is 0 Å². The summed E-state index contributed by atoms with van der Waals surface area (Å²) in [6, 6.07) is 11.3. The number of hydrogen-bond donors (Lipinski definition) is 0. The van der Waals surface area contributed by atoms with Crippen LogP contribution in [-0.4, -0.2) is 94.7 Å². The van der Waals surface area contributed by atoms with E-state index in [1.165, 1.54) is 18.0 Å². The normalized spacial score (nSPS) is 17.3. The number of hydrogen-bond acceptors (Lipinski definition) is 8. The van der Waals surface area contributed by atoms with Crippen molar-refractivity contribution in [1.82, 2.24) is 24.7 Å². The maximum Gasteiger partial charge on any atom is 0.289 e. The molecule has 0 atom stereocenters. The van der Waals surface area contributed by atoms with E-state index >= 15 is 0 Å². The Hall–Kier alpha value is -2.95. The Morgan fingerprint density at radius 2 is 1.68 bits per heavy atom. The van der Waals surface area contributed by atoms with Gasteiger partial charge in [0.15, 0.2) is 5.76 Å². The van der Waals surface area contributed by atoms with E-state index < -0.39 is 0 Å². The van der Waals surface area contributed by atoms with Gasteiger partial charge in [-0.3, -0.25) is 14.5 Å². The summed E-state index contributed by atoms with van der Waals surface area (Å²) in [5.74, 6) is 1.31. The van der Waals surface area contributed by atoms with Crippen LogP contribution < -0.4 is 0 Å². The molecule has 2 saturated heterocycles. The lowest BCUT2D eigenvalue weighted by molar-refractivity contribution is -0.129. The second kappa shape index (κ2) is 10.5. The highest BCUT2D eigenvalue weighted by atomic mass is 32.2. The molecule has 5 rings (SSSR count). The molecule has 9 nitrogen and oxygen atoms in total. The molecule has 2 aliphatic heterocycles. The second-order valence-electron chi connectivity index (χ2n) is 8.29. The summed E-state index contributed by atoms with van der Waals surface area (Å²) in [6.45, 7) is 5.87. The number of carbonyl (C=O) groups is 2. The number of fused-ring (bicyclic) bond motifs is 1. The van der Waals surface area contributed by atoms with Crippen LogP contribution in [0.25, 0.3) is 10.9 Å². The molecule has 0 unspecified atom stereocenters. The fourth-order valence-corrected chi connectivity index (χ4v) is 5.11. The Labute approximate surface area is 202 Å². The summed E-state index contributed by atoms with van der Waals surface area (Å²) in [7, 11) is 0. The Kier molecular flexibility index (Phi) is 7.08. The molecule has 0 saturated carbocycles. The number of ether oxygens (including phenoxy) is 1. The first-order chi connectivity index (χ1) is 16.7. The highest BCUT2D eigenvalue weighted by molar-refractivity contribution is 8.00. The molecule has 0 spiro atoms. The zero-order chi connectivity index (χ0) is 23.3. The van der Waals surface area contributed by atoms with Crippen LogP contribution in [0.5, 0.6) is 0 Å². The monoisotopic (exact) mass is 481 g/mol. The van der Waals surface area contributed by atoms with Crippen molar-refractivity contribution in [2.75, 3.05) is 58.2 Å². The maximum absolute atomic E-state index is 12.9. The summed E-state index contributed by atoms with van der Waals surface area (Å²) < 4.78 is 10.6.